The molecule has 0 aliphatic heterocycles. The highest BCUT2D eigenvalue weighted by atomic mass is 79.9. The van der Waals surface area contributed by atoms with E-state index >= 15 is 0 Å². The van der Waals surface area contributed by atoms with Crippen LogP contribution in [0.5, 0.6) is 0 Å². The number of rotatable bonds is 3. The molecule has 16 heavy (non-hydrogen) atoms. The van der Waals surface area contributed by atoms with Gasteiger partial charge >= 0.3 is 0 Å². The fraction of sp³-hybridized carbons (Fsp3) is 0.923. The van der Waals surface area contributed by atoms with Crippen molar-refractivity contribution in [3.05, 3.63) is 0 Å². The Morgan fingerprint density at radius 2 is 1.94 bits per heavy atom. The van der Waals surface area contributed by atoms with Gasteiger partial charge in [-0.25, -0.2) is 0 Å². The summed E-state index contributed by atoms with van der Waals surface area (Å²) in [6, 6.07) is 0. The molecule has 1 fully saturated rings. The molecule has 0 heterocycles. The van der Waals surface area contributed by atoms with Crippen LogP contribution in [0.1, 0.15) is 52.9 Å². The third-order valence-corrected chi connectivity index (χ3v) is 4.27. The molecule has 0 aromatic rings. The zero-order valence-corrected chi connectivity index (χ0v) is 12.3. The van der Waals surface area contributed by atoms with Crippen molar-refractivity contribution in [3.8, 4) is 0 Å². The topological polar surface area (TPSA) is 29.1 Å². The van der Waals surface area contributed by atoms with Crippen molar-refractivity contribution < 1.29 is 4.79 Å². The van der Waals surface area contributed by atoms with Crippen LogP contribution in [0.2, 0.25) is 0 Å². The first-order valence-corrected chi connectivity index (χ1v) is 7.21. The van der Waals surface area contributed by atoms with Crippen LogP contribution in [0, 0.1) is 11.3 Å². The molecule has 0 aromatic carbocycles. The number of hydrogen-bond donors (Lipinski definition) is 1. The van der Waals surface area contributed by atoms with Crippen LogP contribution in [-0.4, -0.2) is 17.3 Å². The smallest absolute Gasteiger partial charge is 0.220 e. The van der Waals surface area contributed by atoms with E-state index in [1.54, 1.807) is 0 Å². The molecule has 94 valence electrons. The summed E-state index contributed by atoms with van der Waals surface area (Å²) >= 11 is 3.71. The summed E-state index contributed by atoms with van der Waals surface area (Å²) in [6.07, 6.45) is 5.74. The normalized spacial score (nSPS) is 26.5. The van der Waals surface area contributed by atoms with Gasteiger partial charge in [-0.05, 0) is 24.2 Å². The maximum atomic E-state index is 11.7. The summed E-state index contributed by atoms with van der Waals surface area (Å²) in [5.74, 6) is 0.815. The first-order chi connectivity index (χ1) is 7.38. The lowest BCUT2D eigenvalue weighted by Gasteiger charge is -2.28. The molecule has 1 N–H and O–H groups in total. The van der Waals surface area contributed by atoms with E-state index < -0.39 is 0 Å². The third-order valence-electron chi connectivity index (χ3n) is 3.07. The molecule has 1 aliphatic rings. The van der Waals surface area contributed by atoms with E-state index in [-0.39, 0.29) is 11.3 Å². The van der Waals surface area contributed by atoms with Gasteiger partial charge in [0, 0.05) is 17.8 Å². The maximum absolute atomic E-state index is 11.7. The molecule has 1 rings (SSSR count). The van der Waals surface area contributed by atoms with Crippen molar-refractivity contribution in [1.82, 2.24) is 5.32 Å². The summed E-state index contributed by atoms with van der Waals surface area (Å²) < 4.78 is 0. The predicted molar refractivity (Wildman–Crippen MR) is 71.8 cm³/mol. The van der Waals surface area contributed by atoms with Crippen LogP contribution < -0.4 is 5.32 Å². The molecule has 2 nitrogen and oxygen atoms in total. The SMILES string of the molecule is CC(C)(C)CC(=O)NCC1CCCCC1Br. The number of amides is 1. The van der Waals surface area contributed by atoms with E-state index in [4.69, 9.17) is 0 Å². The molecule has 0 aromatic heterocycles. The monoisotopic (exact) mass is 289 g/mol. The van der Waals surface area contributed by atoms with Gasteiger partial charge in [0.05, 0.1) is 0 Å². The Hall–Kier alpha value is -0.0500. The van der Waals surface area contributed by atoms with Gasteiger partial charge in [0.2, 0.25) is 5.91 Å². The van der Waals surface area contributed by atoms with Crippen molar-refractivity contribution in [3.63, 3.8) is 0 Å². The van der Waals surface area contributed by atoms with Crippen molar-refractivity contribution in [2.45, 2.75) is 57.7 Å². The second-order valence-corrected chi connectivity index (χ2v) is 7.28. The zero-order chi connectivity index (χ0) is 12.2. The lowest BCUT2D eigenvalue weighted by atomic mass is 9.88. The van der Waals surface area contributed by atoms with E-state index in [0.29, 0.717) is 17.2 Å². The quantitative estimate of drug-likeness (QED) is 0.792. The minimum Gasteiger partial charge on any atom is -0.356 e. The molecule has 1 saturated carbocycles. The minimum atomic E-state index is 0.0877. The molecule has 3 heteroatoms. The predicted octanol–water partition coefficient (Wildman–Crippen LogP) is 3.49. The molecule has 0 saturated heterocycles. The van der Waals surface area contributed by atoms with Gasteiger partial charge in [-0.1, -0.05) is 49.5 Å². The molecule has 1 aliphatic carbocycles. The highest BCUT2D eigenvalue weighted by Gasteiger charge is 2.23. The maximum Gasteiger partial charge on any atom is 0.220 e. The standard InChI is InChI=1S/C13H24BrNO/c1-13(2,3)8-12(16)15-9-10-6-4-5-7-11(10)14/h10-11H,4-9H2,1-3H3,(H,15,16). The molecule has 2 unspecified atom stereocenters. The Labute approximate surface area is 108 Å². The second-order valence-electron chi connectivity index (χ2n) is 6.10. The Kier molecular flexibility index (Phi) is 5.29. The summed E-state index contributed by atoms with van der Waals surface area (Å²) in [5, 5.41) is 3.07. The highest BCUT2D eigenvalue weighted by molar-refractivity contribution is 9.09. The second kappa shape index (κ2) is 6.04. The number of alkyl halides is 1. The van der Waals surface area contributed by atoms with Gasteiger partial charge < -0.3 is 5.32 Å². The van der Waals surface area contributed by atoms with E-state index in [9.17, 15) is 4.79 Å². The molecule has 0 radical (unpaired) electrons. The fourth-order valence-corrected chi connectivity index (χ4v) is 2.96. The van der Waals surface area contributed by atoms with Gasteiger partial charge in [-0.15, -0.1) is 0 Å². The van der Waals surface area contributed by atoms with Crippen LogP contribution in [0.25, 0.3) is 0 Å². The summed E-state index contributed by atoms with van der Waals surface area (Å²) in [5.41, 5.74) is 0.0877. The average molecular weight is 290 g/mol. The van der Waals surface area contributed by atoms with E-state index in [2.05, 4.69) is 42.0 Å². The summed E-state index contributed by atoms with van der Waals surface area (Å²) in [4.78, 5) is 12.3. The van der Waals surface area contributed by atoms with Gasteiger partial charge in [0.1, 0.15) is 0 Å². The fourth-order valence-electron chi connectivity index (χ4n) is 2.18. The van der Waals surface area contributed by atoms with Crippen LogP contribution >= 0.6 is 15.9 Å². The Balaban J connectivity index is 2.25. The van der Waals surface area contributed by atoms with E-state index in [1.165, 1.54) is 25.7 Å². The van der Waals surface area contributed by atoms with Crippen LogP contribution in [-0.2, 0) is 4.79 Å². The Morgan fingerprint density at radius 1 is 1.31 bits per heavy atom. The summed E-state index contributed by atoms with van der Waals surface area (Å²) in [7, 11) is 0. The highest BCUT2D eigenvalue weighted by Crippen LogP contribution is 2.29. The van der Waals surface area contributed by atoms with Gasteiger partial charge in [0.15, 0.2) is 0 Å². The zero-order valence-electron chi connectivity index (χ0n) is 10.7. The number of nitrogens with one attached hydrogen (secondary N) is 1. The van der Waals surface area contributed by atoms with Crippen molar-refractivity contribution in [2.24, 2.45) is 11.3 Å². The molecular weight excluding hydrogens is 266 g/mol. The number of halogens is 1. The minimum absolute atomic E-state index is 0.0877. The van der Waals surface area contributed by atoms with Crippen LogP contribution in [0.4, 0.5) is 0 Å². The Morgan fingerprint density at radius 3 is 2.50 bits per heavy atom. The molecular formula is C13H24BrNO. The first kappa shape index (κ1) is 14.0. The number of carbonyl (C=O) groups excluding carboxylic acids is 1. The van der Waals surface area contributed by atoms with E-state index in [0.717, 1.165) is 6.54 Å². The van der Waals surface area contributed by atoms with Crippen LogP contribution in [0.3, 0.4) is 0 Å². The van der Waals surface area contributed by atoms with Crippen LogP contribution in [0.15, 0.2) is 0 Å². The third kappa shape index (κ3) is 5.33. The van der Waals surface area contributed by atoms with Crippen molar-refractivity contribution >= 4 is 21.8 Å². The number of hydrogen-bond acceptors (Lipinski definition) is 1. The number of carbonyl (C=O) groups is 1. The van der Waals surface area contributed by atoms with Gasteiger partial charge in [-0.3, -0.25) is 4.79 Å². The molecule has 2 atom stereocenters. The average Bonchev–Trinajstić information content (AvgIpc) is 2.14. The Bertz CT molecular complexity index is 235. The molecule has 0 bridgehead atoms. The van der Waals surface area contributed by atoms with Crippen molar-refractivity contribution in [1.29, 1.82) is 0 Å². The lowest BCUT2D eigenvalue weighted by molar-refractivity contribution is -0.123. The largest absolute Gasteiger partial charge is 0.356 e. The van der Waals surface area contributed by atoms with Crippen molar-refractivity contribution in [2.75, 3.05) is 6.54 Å². The van der Waals surface area contributed by atoms with Gasteiger partial charge in [-0.2, -0.15) is 0 Å². The lowest BCUT2D eigenvalue weighted by Crippen LogP contribution is -2.35. The summed E-state index contributed by atoms with van der Waals surface area (Å²) in [6.45, 7) is 7.13. The van der Waals surface area contributed by atoms with Gasteiger partial charge in [0.25, 0.3) is 0 Å². The first-order valence-electron chi connectivity index (χ1n) is 6.29. The molecule has 1 amide bonds. The van der Waals surface area contributed by atoms with E-state index in [1.807, 2.05) is 0 Å². The molecule has 0 spiro atoms.